The highest BCUT2D eigenvalue weighted by molar-refractivity contribution is 6.02. The molecule has 0 atom stereocenters. The van der Waals surface area contributed by atoms with Gasteiger partial charge >= 0.3 is 0 Å². The van der Waals surface area contributed by atoms with Crippen LogP contribution in [0.5, 0.6) is 0 Å². The summed E-state index contributed by atoms with van der Waals surface area (Å²) in [6.07, 6.45) is 0.889. The molecule has 0 spiro atoms. The zero-order chi connectivity index (χ0) is 17.6. The van der Waals surface area contributed by atoms with Crippen LogP contribution in [-0.4, -0.2) is 16.1 Å². The number of rotatable bonds is 5. The SMILES string of the molecule is CCc1ccccc1Nc1ccc(C(=O)Nc2ccccc2F)nn1. The molecule has 1 heterocycles. The van der Waals surface area contributed by atoms with Crippen LogP contribution in [0.1, 0.15) is 23.0 Å². The van der Waals surface area contributed by atoms with Crippen molar-refractivity contribution in [1.29, 1.82) is 0 Å². The van der Waals surface area contributed by atoms with Crippen LogP contribution in [-0.2, 0) is 6.42 Å². The van der Waals surface area contributed by atoms with E-state index in [-0.39, 0.29) is 11.4 Å². The number of para-hydroxylation sites is 2. The number of nitrogens with one attached hydrogen (secondary N) is 2. The van der Waals surface area contributed by atoms with Gasteiger partial charge in [0.25, 0.3) is 5.91 Å². The minimum atomic E-state index is -0.516. The minimum absolute atomic E-state index is 0.105. The molecule has 25 heavy (non-hydrogen) atoms. The van der Waals surface area contributed by atoms with Crippen LogP contribution in [0.15, 0.2) is 60.7 Å². The zero-order valence-corrected chi connectivity index (χ0v) is 13.7. The topological polar surface area (TPSA) is 66.9 Å². The summed E-state index contributed by atoms with van der Waals surface area (Å²) in [5, 5.41) is 13.6. The van der Waals surface area contributed by atoms with Crippen LogP contribution in [0.25, 0.3) is 0 Å². The summed E-state index contributed by atoms with van der Waals surface area (Å²) in [5.74, 6) is -0.486. The highest BCUT2D eigenvalue weighted by Gasteiger charge is 2.11. The average molecular weight is 336 g/mol. The van der Waals surface area contributed by atoms with Crippen molar-refractivity contribution in [3.63, 3.8) is 0 Å². The number of nitrogens with zero attached hydrogens (tertiary/aromatic N) is 2. The molecule has 0 unspecified atom stereocenters. The minimum Gasteiger partial charge on any atom is -0.339 e. The number of hydrogen-bond acceptors (Lipinski definition) is 4. The van der Waals surface area contributed by atoms with Crippen molar-refractivity contribution in [2.45, 2.75) is 13.3 Å². The van der Waals surface area contributed by atoms with Gasteiger partial charge in [0.1, 0.15) is 5.82 Å². The molecule has 0 aliphatic heterocycles. The third-order valence-electron chi connectivity index (χ3n) is 3.68. The molecule has 0 saturated heterocycles. The van der Waals surface area contributed by atoms with E-state index < -0.39 is 11.7 Å². The second-order valence-electron chi connectivity index (χ2n) is 5.37. The molecule has 2 aromatic carbocycles. The summed E-state index contributed by atoms with van der Waals surface area (Å²) >= 11 is 0. The van der Waals surface area contributed by atoms with Crippen molar-refractivity contribution in [3.8, 4) is 0 Å². The smallest absolute Gasteiger partial charge is 0.276 e. The second kappa shape index (κ2) is 7.53. The Balaban J connectivity index is 1.72. The molecule has 3 rings (SSSR count). The quantitative estimate of drug-likeness (QED) is 0.734. The van der Waals surface area contributed by atoms with E-state index in [1.807, 2.05) is 24.3 Å². The number of hydrogen-bond donors (Lipinski definition) is 2. The molecule has 0 bridgehead atoms. The van der Waals surface area contributed by atoms with E-state index in [0.717, 1.165) is 17.7 Å². The standard InChI is InChI=1S/C19H17FN4O/c1-2-13-7-3-5-9-15(13)21-18-12-11-17(23-24-18)19(25)22-16-10-6-4-8-14(16)20/h3-12H,2H2,1H3,(H,21,24)(H,22,25). The molecular formula is C19H17FN4O. The fraction of sp³-hybridized carbons (Fsp3) is 0.105. The van der Waals surface area contributed by atoms with Gasteiger partial charge in [-0.3, -0.25) is 4.79 Å². The van der Waals surface area contributed by atoms with E-state index in [2.05, 4.69) is 27.8 Å². The third kappa shape index (κ3) is 3.98. The largest absolute Gasteiger partial charge is 0.339 e. The number of aryl methyl sites for hydroxylation is 1. The molecule has 3 aromatic rings. The first-order valence-electron chi connectivity index (χ1n) is 7.92. The van der Waals surface area contributed by atoms with Crippen molar-refractivity contribution in [2.75, 3.05) is 10.6 Å². The molecule has 0 fully saturated rings. The van der Waals surface area contributed by atoms with Crippen LogP contribution in [0, 0.1) is 5.82 Å². The van der Waals surface area contributed by atoms with Crippen LogP contribution < -0.4 is 10.6 Å². The van der Waals surface area contributed by atoms with E-state index in [1.165, 1.54) is 12.1 Å². The van der Waals surface area contributed by atoms with Crippen LogP contribution in [0.4, 0.5) is 21.6 Å². The Bertz CT molecular complexity index is 881. The molecule has 0 aliphatic carbocycles. The number of carbonyl (C=O) groups is 1. The maximum absolute atomic E-state index is 13.6. The van der Waals surface area contributed by atoms with Gasteiger partial charge in [0.05, 0.1) is 5.69 Å². The number of aromatic nitrogens is 2. The Morgan fingerprint density at radius 2 is 1.68 bits per heavy atom. The van der Waals surface area contributed by atoms with Crippen molar-refractivity contribution < 1.29 is 9.18 Å². The van der Waals surface area contributed by atoms with Gasteiger partial charge in [-0.05, 0) is 42.3 Å². The highest BCUT2D eigenvalue weighted by Crippen LogP contribution is 2.20. The summed E-state index contributed by atoms with van der Waals surface area (Å²) in [4.78, 5) is 12.1. The van der Waals surface area contributed by atoms with Crippen LogP contribution in [0.3, 0.4) is 0 Å². The molecular weight excluding hydrogens is 319 g/mol. The molecule has 6 heteroatoms. The molecule has 1 aromatic heterocycles. The van der Waals surface area contributed by atoms with Crippen LogP contribution in [0.2, 0.25) is 0 Å². The fourth-order valence-corrected chi connectivity index (χ4v) is 2.36. The number of halogens is 1. The van der Waals surface area contributed by atoms with E-state index in [0.29, 0.717) is 5.82 Å². The van der Waals surface area contributed by atoms with Crippen molar-refractivity contribution in [3.05, 3.63) is 77.7 Å². The first kappa shape index (κ1) is 16.6. The lowest BCUT2D eigenvalue weighted by atomic mass is 10.1. The molecule has 2 N–H and O–H groups in total. The normalized spacial score (nSPS) is 10.3. The first-order valence-corrected chi connectivity index (χ1v) is 7.92. The Hall–Kier alpha value is -3.28. The maximum Gasteiger partial charge on any atom is 0.276 e. The van der Waals surface area contributed by atoms with Crippen molar-refractivity contribution in [1.82, 2.24) is 10.2 Å². The van der Waals surface area contributed by atoms with E-state index in [9.17, 15) is 9.18 Å². The highest BCUT2D eigenvalue weighted by atomic mass is 19.1. The number of benzene rings is 2. The summed E-state index contributed by atoms with van der Waals surface area (Å²) in [7, 11) is 0. The Morgan fingerprint density at radius 1 is 0.960 bits per heavy atom. The zero-order valence-electron chi connectivity index (χ0n) is 13.7. The Kier molecular flexibility index (Phi) is 4.99. The van der Waals surface area contributed by atoms with Crippen LogP contribution >= 0.6 is 0 Å². The van der Waals surface area contributed by atoms with E-state index in [4.69, 9.17) is 0 Å². The first-order chi connectivity index (χ1) is 12.2. The molecule has 0 radical (unpaired) electrons. The lowest BCUT2D eigenvalue weighted by Gasteiger charge is -2.10. The second-order valence-corrected chi connectivity index (χ2v) is 5.37. The summed E-state index contributed by atoms with van der Waals surface area (Å²) in [6, 6.07) is 17.1. The van der Waals surface area contributed by atoms with Gasteiger partial charge in [0.2, 0.25) is 0 Å². The monoisotopic (exact) mass is 336 g/mol. The molecule has 126 valence electrons. The van der Waals surface area contributed by atoms with Crippen molar-refractivity contribution in [2.24, 2.45) is 0 Å². The van der Waals surface area contributed by atoms with E-state index >= 15 is 0 Å². The molecule has 0 saturated carbocycles. The summed E-state index contributed by atoms with van der Waals surface area (Å²) in [5.41, 5.74) is 2.32. The number of carbonyl (C=O) groups excluding carboxylic acids is 1. The molecule has 1 amide bonds. The number of amides is 1. The van der Waals surface area contributed by atoms with Gasteiger partial charge in [-0.15, -0.1) is 10.2 Å². The fourth-order valence-electron chi connectivity index (χ4n) is 2.36. The predicted molar refractivity (Wildman–Crippen MR) is 95.5 cm³/mol. The van der Waals surface area contributed by atoms with Gasteiger partial charge in [-0.2, -0.15) is 0 Å². The van der Waals surface area contributed by atoms with E-state index in [1.54, 1.807) is 24.3 Å². The Morgan fingerprint density at radius 3 is 2.36 bits per heavy atom. The molecule has 5 nitrogen and oxygen atoms in total. The predicted octanol–water partition coefficient (Wildman–Crippen LogP) is 4.17. The average Bonchev–Trinajstić information content (AvgIpc) is 2.64. The maximum atomic E-state index is 13.6. The van der Waals surface area contributed by atoms with Gasteiger partial charge in [0.15, 0.2) is 11.5 Å². The van der Waals surface area contributed by atoms with Gasteiger partial charge in [-0.1, -0.05) is 37.3 Å². The lowest BCUT2D eigenvalue weighted by molar-refractivity contribution is 0.102. The summed E-state index contributed by atoms with van der Waals surface area (Å²) in [6.45, 7) is 2.07. The lowest BCUT2D eigenvalue weighted by Crippen LogP contribution is -2.15. The van der Waals surface area contributed by atoms with Crippen molar-refractivity contribution >= 4 is 23.1 Å². The van der Waals surface area contributed by atoms with Gasteiger partial charge < -0.3 is 10.6 Å². The van der Waals surface area contributed by atoms with Gasteiger partial charge in [-0.25, -0.2) is 4.39 Å². The third-order valence-corrected chi connectivity index (χ3v) is 3.68. The molecule has 0 aliphatic rings. The van der Waals surface area contributed by atoms with Gasteiger partial charge in [0, 0.05) is 5.69 Å². The number of anilines is 3. The Labute approximate surface area is 144 Å². The summed E-state index contributed by atoms with van der Waals surface area (Å²) < 4.78 is 13.6.